The second-order valence-corrected chi connectivity index (χ2v) is 5.49. The number of hydrogen-bond acceptors (Lipinski definition) is 2. The Morgan fingerprint density at radius 1 is 1.35 bits per heavy atom. The Balaban J connectivity index is 2.23. The van der Waals surface area contributed by atoms with Crippen molar-refractivity contribution in [2.45, 2.75) is 38.1 Å². The maximum Gasteiger partial charge on any atom is 0.255 e. The van der Waals surface area contributed by atoms with Gasteiger partial charge in [-0.25, -0.2) is 4.39 Å². The number of rotatable bonds is 4. The Kier molecular flexibility index (Phi) is 5.38. The minimum Gasteiger partial charge on any atom is -0.395 e. The highest BCUT2D eigenvalue weighted by molar-refractivity contribution is 6.34. The van der Waals surface area contributed by atoms with Crippen LogP contribution in [0.2, 0.25) is 5.02 Å². The normalized spacial score (nSPS) is 16.1. The van der Waals surface area contributed by atoms with E-state index in [9.17, 15) is 14.3 Å². The molecule has 0 unspecified atom stereocenters. The van der Waals surface area contributed by atoms with E-state index in [0.29, 0.717) is 0 Å². The van der Waals surface area contributed by atoms with Crippen LogP contribution in [0, 0.1) is 5.82 Å². The van der Waals surface area contributed by atoms with Crippen molar-refractivity contribution in [2.24, 2.45) is 0 Å². The predicted octanol–water partition coefficient (Wildman–Crippen LogP) is 3.25. The third kappa shape index (κ3) is 3.30. The van der Waals surface area contributed by atoms with Gasteiger partial charge >= 0.3 is 0 Å². The summed E-state index contributed by atoms with van der Waals surface area (Å²) in [6.07, 6.45) is 5.20. The molecule has 3 nitrogen and oxygen atoms in total. The van der Waals surface area contributed by atoms with Gasteiger partial charge in [0, 0.05) is 12.6 Å². The topological polar surface area (TPSA) is 40.5 Å². The molecule has 0 aromatic heterocycles. The summed E-state index contributed by atoms with van der Waals surface area (Å²) in [6, 6.07) is 4.35. The van der Waals surface area contributed by atoms with E-state index in [1.165, 1.54) is 24.6 Å². The molecule has 1 fully saturated rings. The first-order chi connectivity index (χ1) is 9.65. The summed E-state index contributed by atoms with van der Waals surface area (Å²) in [5, 5.41) is 9.04. The van der Waals surface area contributed by atoms with Gasteiger partial charge in [0.25, 0.3) is 5.91 Å². The molecule has 110 valence electrons. The van der Waals surface area contributed by atoms with Crippen LogP contribution in [0.4, 0.5) is 4.39 Å². The van der Waals surface area contributed by atoms with Crippen LogP contribution in [0.5, 0.6) is 0 Å². The number of aliphatic hydroxyl groups is 1. The van der Waals surface area contributed by atoms with Crippen LogP contribution in [-0.2, 0) is 0 Å². The molecular weight excluding hydrogens is 281 g/mol. The molecule has 0 atom stereocenters. The number of aliphatic hydroxyl groups excluding tert-OH is 1. The maximum absolute atomic E-state index is 13.5. The van der Waals surface area contributed by atoms with Gasteiger partial charge in [0.2, 0.25) is 0 Å². The van der Waals surface area contributed by atoms with E-state index in [2.05, 4.69) is 0 Å². The molecule has 1 N–H and O–H groups in total. The Hall–Kier alpha value is -1.13. The van der Waals surface area contributed by atoms with E-state index in [1.54, 1.807) is 4.90 Å². The highest BCUT2D eigenvalue weighted by atomic mass is 35.5. The van der Waals surface area contributed by atoms with Gasteiger partial charge in [-0.3, -0.25) is 4.79 Å². The maximum atomic E-state index is 13.5. The predicted molar refractivity (Wildman–Crippen MR) is 76.4 cm³/mol. The summed E-state index contributed by atoms with van der Waals surface area (Å²) in [7, 11) is 0. The smallest absolute Gasteiger partial charge is 0.255 e. The van der Waals surface area contributed by atoms with E-state index in [-0.39, 0.29) is 35.7 Å². The highest BCUT2D eigenvalue weighted by Crippen LogP contribution is 2.26. The highest BCUT2D eigenvalue weighted by Gasteiger charge is 2.27. The lowest BCUT2D eigenvalue weighted by molar-refractivity contribution is 0.0585. The van der Waals surface area contributed by atoms with Crippen LogP contribution in [0.15, 0.2) is 18.2 Å². The SMILES string of the molecule is O=C(c1cccc(F)c1Cl)N(CCO)C1CCCCC1. The number of hydrogen-bond donors (Lipinski definition) is 1. The first-order valence-corrected chi connectivity index (χ1v) is 7.38. The summed E-state index contributed by atoms with van der Waals surface area (Å²) in [5.74, 6) is -0.888. The van der Waals surface area contributed by atoms with Crippen molar-refractivity contribution in [1.29, 1.82) is 0 Å². The fourth-order valence-electron chi connectivity index (χ4n) is 2.77. The summed E-state index contributed by atoms with van der Waals surface area (Å²) in [6.45, 7) is 0.158. The van der Waals surface area contributed by atoms with Crippen LogP contribution >= 0.6 is 11.6 Å². The summed E-state index contributed by atoms with van der Waals surface area (Å²) in [4.78, 5) is 14.2. The monoisotopic (exact) mass is 299 g/mol. The molecule has 0 radical (unpaired) electrons. The van der Waals surface area contributed by atoms with Gasteiger partial charge in [0.1, 0.15) is 5.82 Å². The van der Waals surface area contributed by atoms with E-state index in [4.69, 9.17) is 11.6 Å². The molecule has 0 aliphatic heterocycles. The van der Waals surface area contributed by atoms with Crippen molar-refractivity contribution in [2.75, 3.05) is 13.2 Å². The fourth-order valence-corrected chi connectivity index (χ4v) is 2.98. The molecule has 1 aliphatic rings. The van der Waals surface area contributed by atoms with Crippen molar-refractivity contribution in [3.8, 4) is 0 Å². The second-order valence-electron chi connectivity index (χ2n) is 5.12. The fraction of sp³-hybridized carbons (Fsp3) is 0.533. The lowest BCUT2D eigenvalue weighted by atomic mass is 9.93. The zero-order chi connectivity index (χ0) is 14.5. The zero-order valence-corrected chi connectivity index (χ0v) is 12.1. The van der Waals surface area contributed by atoms with Crippen LogP contribution in [-0.4, -0.2) is 35.1 Å². The molecule has 2 rings (SSSR count). The van der Waals surface area contributed by atoms with E-state index in [0.717, 1.165) is 25.7 Å². The molecule has 1 aliphatic carbocycles. The van der Waals surface area contributed by atoms with Crippen LogP contribution in [0.25, 0.3) is 0 Å². The quantitative estimate of drug-likeness (QED) is 0.927. The number of nitrogens with zero attached hydrogens (tertiary/aromatic N) is 1. The van der Waals surface area contributed by atoms with E-state index >= 15 is 0 Å². The number of halogens is 2. The summed E-state index contributed by atoms with van der Waals surface area (Å²) < 4.78 is 13.5. The van der Waals surface area contributed by atoms with Gasteiger partial charge in [-0.2, -0.15) is 0 Å². The minimum absolute atomic E-state index is 0.102. The molecule has 0 heterocycles. The van der Waals surface area contributed by atoms with Gasteiger partial charge in [-0.1, -0.05) is 36.9 Å². The number of amides is 1. The Morgan fingerprint density at radius 2 is 2.05 bits per heavy atom. The molecule has 1 saturated carbocycles. The Morgan fingerprint density at radius 3 is 2.70 bits per heavy atom. The summed E-state index contributed by atoms with van der Waals surface area (Å²) >= 11 is 5.89. The largest absolute Gasteiger partial charge is 0.395 e. The van der Waals surface area contributed by atoms with Crippen LogP contribution < -0.4 is 0 Å². The van der Waals surface area contributed by atoms with Gasteiger partial charge < -0.3 is 10.0 Å². The zero-order valence-electron chi connectivity index (χ0n) is 11.3. The van der Waals surface area contributed by atoms with Gasteiger partial charge in [0.15, 0.2) is 0 Å². The van der Waals surface area contributed by atoms with E-state index < -0.39 is 5.82 Å². The average Bonchev–Trinajstić information content (AvgIpc) is 2.48. The Labute approximate surface area is 123 Å². The molecular formula is C15H19ClFNO2. The molecule has 1 amide bonds. The molecule has 0 saturated heterocycles. The summed E-state index contributed by atoms with van der Waals surface area (Å²) in [5.41, 5.74) is 0.172. The molecule has 0 spiro atoms. The van der Waals surface area contributed by atoms with Crippen molar-refractivity contribution in [3.05, 3.63) is 34.6 Å². The van der Waals surface area contributed by atoms with Crippen molar-refractivity contribution < 1.29 is 14.3 Å². The van der Waals surface area contributed by atoms with Crippen LogP contribution in [0.1, 0.15) is 42.5 Å². The number of carbonyl (C=O) groups is 1. The van der Waals surface area contributed by atoms with E-state index in [1.807, 2.05) is 0 Å². The van der Waals surface area contributed by atoms with Crippen molar-refractivity contribution >= 4 is 17.5 Å². The second kappa shape index (κ2) is 7.04. The molecule has 0 bridgehead atoms. The van der Waals surface area contributed by atoms with Crippen LogP contribution in [0.3, 0.4) is 0 Å². The molecule has 1 aromatic carbocycles. The molecule has 1 aromatic rings. The third-order valence-electron chi connectivity index (χ3n) is 3.80. The lowest BCUT2D eigenvalue weighted by Crippen LogP contribution is -2.43. The Bertz CT molecular complexity index is 475. The van der Waals surface area contributed by atoms with Crippen molar-refractivity contribution in [3.63, 3.8) is 0 Å². The van der Waals surface area contributed by atoms with Gasteiger partial charge in [0.05, 0.1) is 17.2 Å². The third-order valence-corrected chi connectivity index (χ3v) is 4.18. The van der Waals surface area contributed by atoms with Crippen molar-refractivity contribution in [1.82, 2.24) is 4.90 Å². The number of benzene rings is 1. The first kappa shape index (κ1) is 15.3. The van der Waals surface area contributed by atoms with Gasteiger partial charge in [-0.05, 0) is 25.0 Å². The van der Waals surface area contributed by atoms with Gasteiger partial charge in [-0.15, -0.1) is 0 Å². The average molecular weight is 300 g/mol. The first-order valence-electron chi connectivity index (χ1n) is 7.01. The number of carbonyl (C=O) groups excluding carboxylic acids is 1. The standard InChI is InChI=1S/C15H19ClFNO2/c16-14-12(7-4-8-13(14)17)15(20)18(9-10-19)11-5-2-1-3-6-11/h4,7-8,11,19H,1-3,5-6,9-10H2. The molecule has 20 heavy (non-hydrogen) atoms. The molecule has 5 heteroatoms. The minimum atomic E-state index is -0.592. The lowest BCUT2D eigenvalue weighted by Gasteiger charge is -2.34.